The van der Waals surface area contributed by atoms with Gasteiger partial charge in [-0.05, 0) is 29.3 Å². The maximum absolute atomic E-state index is 14.3. The number of alkyl halides is 2. The van der Waals surface area contributed by atoms with Crippen molar-refractivity contribution < 1.29 is 51.8 Å². The molecule has 6 rings (SSSR count). The molecule has 4 amide bonds. The summed E-state index contributed by atoms with van der Waals surface area (Å²) < 4.78 is 42.2. The molecule has 2 fully saturated rings. The van der Waals surface area contributed by atoms with Crippen molar-refractivity contribution in [2.24, 2.45) is 0 Å². The molecule has 0 saturated carbocycles. The number of halogens is 2. The Kier molecular flexibility index (Phi) is 9.42. The Balaban J connectivity index is 1.34. The van der Waals surface area contributed by atoms with Crippen molar-refractivity contribution in [1.29, 1.82) is 0 Å². The van der Waals surface area contributed by atoms with Crippen molar-refractivity contribution in [1.82, 2.24) is 25.1 Å². The number of carbonyl (C=O) groups is 3. The van der Waals surface area contributed by atoms with Gasteiger partial charge in [-0.1, -0.05) is 60.7 Å². The van der Waals surface area contributed by atoms with E-state index in [1.807, 2.05) is 30.3 Å². The van der Waals surface area contributed by atoms with Crippen molar-refractivity contribution in [3.63, 3.8) is 0 Å². The monoisotopic (exact) mass is 700 g/mol. The summed E-state index contributed by atoms with van der Waals surface area (Å²) in [5, 5.41) is 5.80. The third-order valence-electron chi connectivity index (χ3n) is 8.12. The maximum Gasteiger partial charge on any atom is 0.613 e. The van der Waals surface area contributed by atoms with Crippen molar-refractivity contribution in [3.8, 4) is 17.2 Å². The number of nitrogens with one attached hydrogen (secondary N) is 1. The highest BCUT2D eigenvalue weighted by Crippen LogP contribution is 2.46. The number of hydrogen-bond acceptors (Lipinski definition) is 10. The molecule has 3 aliphatic rings. The summed E-state index contributed by atoms with van der Waals surface area (Å²) in [6, 6.07) is 17.6. The fourth-order valence-corrected chi connectivity index (χ4v) is 6.51. The molecule has 3 aliphatic heterocycles. The van der Waals surface area contributed by atoms with Crippen LogP contribution in [-0.2, 0) is 29.1 Å². The number of amides is 4. The van der Waals surface area contributed by atoms with E-state index in [1.54, 1.807) is 6.08 Å². The Morgan fingerprint density at radius 1 is 1.02 bits per heavy atom. The first-order valence-electron chi connectivity index (χ1n) is 15.1. The van der Waals surface area contributed by atoms with Crippen LogP contribution in [0.2, 0.25) is 0 Å². The Morgan fingerprint density at radius 2 is 1.76 bits per heavy atom. The van der Waals surface area contributed by atoms with Gasteiger partial charge in [0.25, 0.3) is 0 Å². The van der Waals surface area contributed by atoms with Gasteiger partial charge in [-0.15, -0.1) is 15.4 Å². The van der Waals surface area contributed by atoms with E-state index in [0.29, 0.717) is 5.56 Å². The number of carbonyl (C=O) groups excluding carboxylic acids is 3. The summed E-state index contributed by atoms with van der Waals surface area (Å²) in [4.78, 5) is 72.5. The molecule has 49 heavy (non-hydrogen) atoms. The summed E-state index contributed by atoms with van der Waals surface area (Å²) in [6.45, 7) is 3.46. The molecule has 0 unspecified atom stereocenters. The van der Waals surface area contributed by atoms with Gasteiger partial charge in [0.05, 0.1) is 13.1 Å². The standard InChI is InChI=1S/C32H32F2N5O9P/c1-2-15-37-20-28(40)38-25(16-21-11-13-24(14-12-21)48-49(43,44)45)30(41)36(18-23-9-6-10-26-29(23)47-32(33,34)46-26)19-27(38)39(37)31(42)35-17-22-7-4-3-5-8-22/h2-14,25,27,43-45H,1,15-20H2/p+1/t25-,27-/m0/s1. The number of ether oxygens (including phenoxy) is 2. The average Bonchev–Trinajstić information content (AvgIpc) is 3.37. The Morgan fingerprint density at radius 3 is 2.45 bits per heavy atom. The van der Waals surface area contributed by atoms with E-state index in [2.05, 4.69) is 16.6 Å². The number of hydrazine groups is 1. The van der Waals surface area contributed by atoms with Crippen LogP contribution >= 0.6 is 8.17 Å². The summed E-state index contributed by atoms with van der Waals surface area (Å²) in [7, 11) is -4.57. The molecule has 14 nitrogen and oxygen atoms in total. The average molecular weight is 701 g/mol. The Labute approximate surface area is 279 Å². The number of fused-ring (bicyclic) bond motifs is 2. The van der Waals surface area contributed by atoms with E-state index in [-0.39, 0.29) is 62.0 Å². The van der Waals surface area contributed by atoms with Crippen LogP contribution in [0, 0.1) is 0 Å². The molecule has 3 aromatic carbocycles. The van der Waals surface area contributed by atoms with Crippen molar-refractivity contribution in [2.75, 3.05) is 19.6 Å². The fourth-order valence-electron chi connectivity index (χ4n) is 6.10. The number of hydrogen-bond donors (Lipinski definition) is 4. The van der Waals surface area contributed by atoms with Gasteiger partial charge in [-0.3, -0.25) is 14.1 Å². The van der Waals surface area contributed by atoms with Crippen molar-refractivity contribution in [3.05, 3.63) is 102 Å². The van der Waals surface area contributed by atoms with E-state index in [0.717, 1.165) is 5.56 Å². The summed E-state index contributed by atoms with van der Waals surface area (Å²) in [5.74, 6) is -1.41. The first-order valence-corrected chi connectivity index (χ1v) is 16.7. The third kappa shape index (κ3) is 7.58. The zero-order chi connectivity index (χ0) is 34.9. The van der Waals surface area contributed by atoms with Crippen LogP contribution in [0.3, 0.4) is 0 Å². The quantitative estimate of drug-likeness (QED) is 0.183. The molecule has 3 heterocycles. The van der Waals surface area contributed by atoms with Gasteiger partial charge in [0.1, 0.15) is 12.2 Å². The molecule has 0 aromatic heterocycles. The number of nitrogens with zero attached hydrogens (tertiary/aromatic N) is 4. The topological polar surface area (TPSA) is 165 Å². The molecule has 17 heteroatoms. The largest absolute Gasteiger partial charge is 0.613 e. The highest BCUT2D eigenvalue weighted by Gasteiger charge is 2.52. The van der Waals surface area contributed by atoms with Crippen LogP contribution in [0.4, 0.5) is 13.6 Å². The molecule has 3 aromatic rings. The Bertz CT molecular complexity index is 1730. The second kappa shape index (κ2) is 13.6. The minimum atomic E-state index is -4.57. The normalized spacial score (nSPS) is 20.2. The van der Waals surface area contributed by atoms with E-state index in [4.69, 9.17) is 9.26 Å². The molecule has 2 saturated heterocycles. The van der Waals surface area contributed by atoms with Crippen LogP contribution in [0.25, 0.3) is 0 Å². The van der Waals surface area contributed by atoms with Crippen LogP contribution in [0.1, 0.15) is 16.7 Å². The third-order valence-corrected chi connectivity index (χ3v) is 8.57. The second-order valence-corrected chi connectivity index (χ2v) is 12.7. The van der Waals surface area contributed by atoms with E-state index < -0.39 is 44.5 Å². The highest BCUT2D eigenvalue weighted by molar-refractivity contribution is 7.53. The minimum Gasteiger partial charge on any atom is -0.395 e. The second-order valence-electron chi connectivity index (χ2n) is 11.5. The van der Waals surface area contributed by atoms with E-state index in [1.165, 1.54) is 62.3 Å². The number of urea groups is 1. The predicted octanol–water partition coefficient (Wildman–Crippen LogP) is 2.78. The van der Waals surface area contributed by atoms with Gasteiger partial charge in [0.15, 0.2) is 17.2 Å². The number of rotatable bonds is 10. The van der Waals surface area contributed by atoms with Gasteiger partial charge < -0.3 is 24.6 Å². The SMILES string of the molecule is C=CCN1CC(=O)N2[C@@H](Cc3ccc(O[P+](O)(O)O)cc3)C(=O)N(Cc3cccc4c3OC(F)(F)O4)C[C@@H]2N1C(=O)NCc1ccccc1. The lowest BCUT2D eigenvalue weighted by Crippen LogP contribution is -2.76. The van der Waals surface area contributed by atoms with Crippen molar-refractivity contribution >= 4 is 26.0 Å². The van der Waals surface area contributed by atoms with Gasteiger partial charge in [-0.25, -0.2) is 14.8 Å². The lowest BCUT2D eigenvalue weighted by Gasteiger charge is -2.55. The van der Waals surface area contributed by atoms with E-state index >= 15 is 0 Å². The summed E-state index contributed by atoms with van der Waals surface area (Å²) >= 11 is 0. The molecule has 0 spiro atoms. The summed E-state index contributed by atoms with van der Waals surface area (Å²) in [5.41, 5.74) is 1.59. The van der Waals surface area contributed by atoms with Gasteiger partial charge in [0, 0.05) is 31.6 Å². The number of benzene rings is 3. The molecule has 0 bridgehead atoms. The van der Waals surface area contributed by atoms with Gasteiger partial charge >= 0.3 is 20.5 Å². The zero-order valence-electron chi connectivity index (χ0n) is 25.9. The molecule has 0 aliphatic carbocycles. The van der Waals surface area contributed by atoms with Crippen LogP contribution in [0.5, 0.6) is 17.2 Å². The molecule has 2 atom stereocenters. The maximum atomic E-state index is 14.3. The highest BCUT2D eigenvalue weighted by atomic mass is 31.2. The summed E-state index contributed by atoms with van der Waals surface area (Å²) in [6.07, 6.45) is -3.40. The Hall–Kier alpha value is -4.86. The smallest absolute Gasteiger partial charge is 0.395 e. The molecule has 258 valence electrons. The molecular weight excluding hydrogens is 667 g/mol. The van der Waals surface area contributed by atoms with Crippen LogP contribution in [0.15, 0.2) is 85.5 Å². The molecule has 4 N–H and O–H groups in total. The zero-order valence-corrected chi connectivity index (χ0v) is 26.8. The first kappa shape index (κ1) is 34.0. The molecule has 0 radical (unpaired) electrons. The first-order chi connectivity index (χ1) is 23.3. The molecular formula is C32H33F2N5O9P+. The predicted molar refractivity (Wildman–Crippen MR) is 169 cm³/mol. The number of para-hydroxylation sites is 1. The van der Waals surface area contributed by atoms with Gasteiger partial charge in [-0.2, -0.15) is 14.7 Å². The van der Waals surface area contributed by atoms with Crippen molar-refractivity contribution in [2.45, 2.75) is 38.0 Å². The fraction of sp³-hybridized carbons (Fsp3) is 0.281. The van der Waals surface area contributed by atoms with Crippen LogP contribution in [-0.4, -0.2) is 90.5 Å². The van der Waals surface area contributed by atoms with E-state index in [9.17, 15) is 37.8 Å². The lowest BCUT2D eigenvalue weighted by molar-refractivity contribution is -0.287. The lowest BCUT2D eigenvalue weighted by atomic mass is 9.98. The minimum absolute atomic E-state index is 0.0406. The number of piperazine rings is 1. The van der Waals surface area contributed by atoms with Crippen LogP contribution < -0.4 is 19.3 Å². The van der Waals surface area contributed by atoms with Gasteiger partial charge in [0.2, 0.25) is 11.8 Å².